The van der Waals surface area contributed by atoms with Gasteiger partial charge in [-0.2, -0.15) is 4.31 Å². The SMILES string of the molecule is Cc1nnc(SCC(=O)Nc2ccc(S(=O)(=O)N3CCOCC3)cc2)n1Cc1ccccc1. The summed E-state index contributed by atoms with van der Waals surface area (Å²) >= 11 is 1.30. The number of rotatable bonds is 8. The van der Waals surface area contributed by atoms with Crippen LogP contribution in [0.25, 0.3) is 0 Å². The molecule has 0 radical (unpaired) electrons. The molecule has 4 rings (SSSR count). The quantitative estimate of drug-likeness (QED) is 0.486. The Morgan fingerprint density at radius 2 is 1.76 bits per heavy atom. The van der Waals surface area contributed by atoms with Crippen LogP contribution in [0.2, 0.25) is 0 Å². The van der Waals surface area contributed by atoms with Gasteiger partial charge < -0.3 is 14.6 Å². The number of amides is 1. The molecule has 1 saturated heterocycles. The number of hydrogen-bond donors (Lipinski definition) is 1. The highest BCUT2D eigenvalue weighted by Crippen LogP contribution is 2.21. The van der Waals surface area contributed by atoms with Crippen LogP contribution in [0, 0.1) is 6.92 Å². The molecule has 1 aliphatic rings. The fourth-order valence-corrected chi connectivity index (χ4v) is 5.58. The van der Waals surface area contributed by atoms with Gasteiger partial charge in [0.05, 0.1) is 30.4 Å². The van der Waals surface area contributed by atoms with Crippen molar-refractivity contribution < 1.29 is 17.9 Å². The molecule has 1 amide bonds. The summed E-state index contributed by atoms with van der Waals surface area (Å²) < 4.78 is 34.0. The average molecular weight is 488 g/mol. The van der Waals surface area contributed by atoms with Crippen LogP contribution in [-0.4, -0.2) is 65.5 Å². The Bertz CT molecular complexity index is 1190. The van der Waals surface area contributed by atoms with E-state index in [1.165, 1.54) is 28.2 Å². The number of hydrogen-bond acceptors (Lipinski definition) is 7. The van der Waals surface area contributed by atoms with Crippen LogP contribution >= 0.6 is 11.8 Å². The number of thioether (sulfide) groups is 1. The van der Waals surface area contributed by atoms with Crippen molar-refractivity contribution in [3.8, 4) is 0 Å². The number of morpholine rings is 1. The highest BCUT2D eigenvalue weighted by atomic mass is 32.2. The van der Waals surface area contributed by atoms with Crippen molar-refractivity contribution in [3.63, 3.8) is 0 Å². The maximum Gasteiger partial charge on any atom is 0.243 e. The summed E-state index contributed by atoms with van der Waals surface area (Å²) in [6, 6.07) is 16.2. The van der Waals surface area contributed by atoms with Crippen molar-refractivity contribution in [1.29, 1.82) is 0 Å². The highest BCUT2D eigenvalue weighted by molar-refractivity contribution is 7.99. The van der Waals surface area contributed by atoms with Gasteiger partial charge in [-0.25, -0.2) is 8.42 Å². The minimum atomic E-state index is -3.56. The van der Waals surface area contributed by atoms with E-state index in [1.807, 2.05) is 41.8 Å². The average Bonchev–Trinajstić information content (AvgIpc) is 3.18. The number of aryl methyl sites for hydroxylation is 1. The van der Waals surface area contributed by atoms with E-state index in [0.717, 1.165) is 11.4 Å². The van der Waals surface area contributed by atoms with Crippen LogP contribution in [0.1, 0.15) is 11.4 Å². The first-order chi connectivity index (χ1) is 15.9. The van der Waals surface area contributed by atoms with Gasteiger partial charge in [-0.15, -0.1) is 10.2 Å². The Kier molecular flexibility index (Phi) is 7.43. The highest BCUT2D eigenvalue weighted by Gasteiger charge is 2.26. The monoisotopic (exact) mass is 487 g/mol. The van der Waals surface area contributed by atoms with Crippen LogP contribution in [0.5, 0.6) is 0 Å². The lowest BCUT2D eigenvalue weighted by Gasteiger charge is -2.26. The van der Waals surface area contributed by atoms with E-state index in [0.29, 0.717) is 43.7 Å². The van der Waals surface area contributed by atoms with Gasteiger partial charge in [0.1, 0.15) is 5.82 Å². The van der Waals surface area contributed by atoms with Gasteiger partial charge in [0.2, 0.25) is 15.9 Å². The Morgan fingerprint density at radius 1 is 1.06 bits per heavy atom. The van der Waals surface area contributed by atoms with Crippen molar-refractivity contribution in [3.05, 3.63) is 66.0 Å². The maximum absolute atomic E-state index is 12.7. The molecule has 2 aromatic carbocycles. The van der Waals surface area contributed by atoms with Gasteiger partial charge in [0.25, 0.3) is 0 Å². The van der Waals surface area contributed by atoms with Crippen LogP contribution in [-0.2, 0) is 26.1 Å². The molecule has 11 heteroatoms. The molecule has 1 aromatic heterocycles. The number of sulfonamides is 1. The van der Waals surface area contributed by atoms with Gasteiger partial charge in [-0.05, 0) is 36.8 Å². The molecule has 174 valence electrons. The molecule has 9 nitrogen and oxygen atoms in total. The summed E-state index contributed by atoms with van der Waals surface area (Å²) in [6.45, 7) is 3.97. The van der Waals surface area contributed by atoms with Crippen molar-refractivity contribution in [2.24, 2.45) is 0 Å². The van der Waals surface area contributed by atoms with Gasteiger partial charge in [-0.3, -0.25) is 4.79 Å². The van der Waals surface area contributed by atoms with Crippen LogP contribution in [0.4, 0.5) is 5.69 Å². The summed E-state index contributed by atoms with van der Waals surface area (Å²) in [5.74, 6) is 0.718. The summed E-state index contributed by atoms with van der Waals surface area (Å²) in [5.41, 5.74) is 1.65. The molecule has 0 saturated carbocycles. The third-order valence-corrected chi connectivity index (χ3v) is 8.04. The lowest BCUT2D eigenvalue weighted by atomic mass is 10.2. The molecule has 0 unspecified atom stereocenters. The number of carbonyl (C=O) groups excluding carboxylic acids is 1. The number of aromatic nitrogens is 3. The first-order valence-electron chi connectivity index (χ1n) is 10.5. The molecular weight excluding hydrogens is 462 g/mol. The van der Waals surface area contributed by atoms with E-state index in [-0.39, 0.29) is 16.6 Å². The fourth-order valence-electron chi connectivity index (χ4n) is 3.39. The second kappa shape index (κ2) is 10.5. The Labute approximate surface area is 197 Å². The van der Waals surface area contributed by atoms with E-state index in [4.69, 9.17) is 4.74 Å². The lowest BCUT2D eigenvalue weighted by Crippen LogP contribution is -2.40. The topological polar surface area (TPSA) is 106 Å². The first kappa shape index (κ1) is 23.4. The molecule has 1 N–H and O–H groups in total. The zero-order valence-electron chi connectivity index (χ0n) is 18.2. The van der Waals surface area contributed by atoms with E-state index < -0.39 is 10.0 Å². The molecule has 1 aliphatic heterocycles. The zero-order valence-corrected chi connectivity index (χ0v) is 19.8. The smallest absolute Gasteiger partial charge is 0.243 e. The summed E-state index contributed by atoms with van der Waals surface area (Å²) in [5, 5.41) is 11.8. The third kappa shape index (κ3) is 5.80. The van der Waals surface area contributed by atoms with Gasteiger partial charge >= 0.3 is 0 Å². The summed E-state index contributed by atoms with van der Waals surface area (Å²) in [4.78, 5) is 12.7. The normalized spacial score (nSPS) is 14.8. The van der Waals surface area contributed by atoms with E-state index in [1.54, 1.807) is 12.1 Å². The number of nitrogens with one attached hydrogen (secondary N) is 1. The molecule has 2 heterocycles. The minimum absolute atomic E-state index is 0.154. The van der Waals surface area contributed by atoms with Crippen LogP contribution < -0.4 is 5.32 Å². The first-order valence-corrected chi connectivity index (χ1v) is 12.9. The number of carbonyl (C=O) groups is 1. The Morgan fingerprint density at radius 3 is 2.45 bits per heavy atom. The molecule has 3 aromatic rings. The van der Waals surface area contributed by atoms with Crippen molar-refractivity contribution in [2.45, 2.75) is 23.5 Å². The van der Waals surface area contributed by atoms with Crippen molar-refractivity contribution >= 4 is 33.4 Å². The molecule has 0 aliphatic carbocycles. The van der Waals surface area contributed by atoms with Crippen LogP contribution in [0.3, 0.4) is 0 Å². The summed E-state index contributed by atoms with van der Waals surface area (Å²) in [6.07, 6.45) is 0. The van der Waals surface area contributed by atoms with E-state index >= 15 is 0 Å². The van der Waals surface area contributed by atoms with Gasteiger partial charge in [0, 0.05) is 18.8 Å². The van der Waals surface area contributed by atoms with Gasteiger partial charge in [-0.1, -0.05) is 42.1 Å². The standard InChI is InChI=1S/C22H25N5O4S2/c1-17-24-25-22(27(17)15-18-5-3-2-4-6-18)32-16-21(28)23-19-7-9-20(10-8-19)33(29,30)26-11-13-31-14-12-26/h2-10H,11-16H2,1H3,(H,23,28). The second-order valence-electron chi connectivity index (χ2n) is 7.48. The van der Waals surface area contributed by atoms with Crippen molar-refractivity contribution in [1.82, 2.24) is 19.1 Å². The third-order valence-electron chi connectivity index (χ3n) is 5.16. The zero-order chi connectivity index (χ0) is 23.3. The largest absolute Gasteiger partial charge is 0.379 e. The molecule has 0 bridgehead atoms. The Balaban J connectivity index is 1.34. The van der Waals surface area contributed by atoms with Crippen LogP contribution in [0.15, 0.2) is 64.6 Å². The van der Waals surface area contributed by atoms with E-state index in [9.17, 15) is 13.2 Å². The number of anilines is 1. The summed E-state index contributed by atoms with van der Waals surface area (Å²) in [7, 11) is -3.56. The van der Waals surface area contributed by atoms with Gasteiger partial charge in [0.15, 0.2) is 5.16 Å². The number of benzene rings is 2. The molecule has 0 atom stereocenters. The van der Waals surface area contributed by atoms with E-state index in [2.05, 4.69) is 15.5 Å². The molecule has 1 fully saturated rings. The molecule has 33 heavy (non-hydrogen) atoms. The maximum atomic E-state index is 12.7. The van der Waals surface area contributed by atoms with Crippen molar-refractivity contribution in [2.75, 3.05) is 37.4 Å². The second-order valence-corrected chi connectivity index (χ2v) is 10.4. The minimum Gasteiger partial charge on any atom is -0.379 e. The number of nitrogens with zero attached hydrogens (tertiary/aromatic N) is 4. The predicted molar refractivity (Wildman–Crippen MR) is 126 cm³/mol. The number of ether oxygens (including phenoxy) is 1. The fraction of sp³-hybridized carbons (Fsp3) is 0.318. The molecule has 0 spiro atoms. The Hall–Kier alpha value is -2.73. The molecular formula is C22H25N5O4S2. The lowest BCUT2D eigenvalue weighted by molar-refractivity contribution is -0.113. The predicted octanol–water partition coefficient (Wildman–Crippen LogP) is 2.39.